The number of aromatic nitrogens is 2. The monoisotopic (exact) mass is 538 g/mol. The van der Waals surface area contributed by atoms with E-state index in [1.807, 2.05) is 24.3 Å². The third-order valence-corrected chi connectivity index (χ3v) is 8.72. The summed E-state index contributed by atoms with van der Waals surface area (Å²) in [6.07, 6.45) is 0. The highest BCUT2D eigenvalue weighted by molar-refractivity contribution is 6.23. The molecule has 0 fully saturated rings. The minimum absolute atomic E-state index is 0.875. The van der Waals surface area contributed by atoms with Gasteiger partial charge >= 0.3 is 0 Å². The molecule has 0 saturated carbocycles. The minimum Gasteiger partial charge on any atom is -0.454 e. The van der Waals surface area contributed by atoms with E-state index in [0.717, 1.165) is 71.9 Å². The quantitative estimate of drug-likeness (QED) is 0.219. The Labute approximate surface area is 239 Å². The second-order valence-corrected chi connectivity index (χ2v) is 10.9. The number of hydrogen-bond donors (Lipinski definition) is 0. The predicted octanol–water partition coefficient (Wildman–Crippen LogP) is 10.5. The van der Waals surface area contributed by atoms with Gasteiger partial charge in [-0.25, -0.2) is 0 Å². The Morgan fingerprint density at radius 2 is 0.762 bits per heavy atom. The van der Waals surface area contributed by atoms with Crippen molar-refractivity contribution in [1.29, 1.82) is 0 Å². The largest absolute Gasteiger partial charge is 0.454 e. The van der Waals surface area contributed by atoms with Gasteiger partial charge in [0.25, 0.3) is 0 Å². The number of hydrogen-bond acceptors (Lipinski definition) is 2. The second-order valence-electron chi connectivity index (χ2n) is 10.9. The molecule has 0 aliphatic heterocycles. The van der Waals surface area contributed by atoms with Crippen molar-refractivity contribution in [2.24, 2.45) is 0 Å². The molecule has 0 unspecified atom stereocenters. The molecule has 42 heavy (non-hydrogen) atoms. The third-order valence-electron chi connectivity index (χ3n) is 8.72. The van der Waals surface area contributed by atoms with Crippen LogP contribution in [0.25, 0.3) is 88.1 Å². The summed E-state index contributed by atoms with van der Waals surface area (Å²) in [7, 11) is 0. The lowest BCUT2D eigenvalue weighted by molar-refractivity contribution is 0.665. The lowest BCUT2D eigenvalue weighted by atomic mass is 10.1. The van der Waals surface area contributed by atoms with Crippen molar-refractivity contribution >= 4 is 76.7 Å². The molecule has 6 aromatic carbocycles. The highest BCUT2D eigenvalue weighted by atomic mass is 16.3. The molecule has 0 spiro atoms. The highest BCUT2D eigenvalue weighted by Crippen LogP contribution is 2.44. The van der Waals surface area contributed by atoms with E-state index < -0.39 is 0 Å². The first-order chi connectivity index (χ1) is 20.9. The SMILES string of the molecule is c1ccc2c(c1)oc1c(-n3c4ccccc4c4c5ccccc5n(-c5cccc6c5oc5ccccc56)c43)cccc12. The van der Waals surface area contributed by atoms with E-state index in [0.29, 0.717) is 0 Å². The zero-order valence-electron chi connectivity index (χ0n) is 22.4. The van der Waals surface area contributed by atoms with E-state index in [1.54, 1.807) is 0 Å². The van der Waals surface area contributed by atoms with Gasteiger partial charge in [-0.15, -0.1) is 0 Å². The van der Waals surface area contributed by atoms with Crippen LogP contribution in [0.3, 0.4) is 0 Å². The van der Waals surface area contributed by atoms with Gasteiger partial charge in [0, 0.05) is 37.7 Å². The summed E-state index contributed by atoms with van der Waals surface area (Å²) in [4.78, 5) is 0. The van der Waals surface area contributed by atoms with E-state index in [4.69, 9.17) is 8.83 Å². The molecule has 0 atom stereocenters. The highest BCUT2D eigenvalue weighted by Gasteiger charge is 2.25. The summed E-state index contributed by atoms with van der Waals surface area (Å²) in [6.45, 7) is 0. The van der Waals surface area contributed by atoms with Gasteiger partial charge < -0.3 is 8.83 Å². The maximum absolute atomic E-state index is 6.59. The van der Waals surface area contributed by atoms with Crippen LogP contribution >= 0.6 is 0 Å². The Kier molecular flexibility index (Phi) is 4.15. The van der Waals surface area contributed by atoms with Gasteiger partial charge in [-0.1, -0.05) is 97.1 Å². The fraction of sp³-hybridized carbons (Fsp3) is 0. The zero-order chi connectivity index (χ0) is 27.4. The molecule has 10 rings (SSSR count). The summed E-state index contributed by atoms with van der Waals surface area (Å²) < 4.78 is 17.9. The first-order valence-electron chi connectivity index (χ1n) is 14.2. The number of nitrogens with zero attached hydrogens (tertiary/aromatic N) is 2. The van der Waals surface area contributed by atoms with Crippen molar-refractivity contribution in [3.63, 3.8) is 0 Å². The number of benzene rings is 6. The summed E-state index contributed by atoms with van der Waals surface area (Å²) in [5.41, 5.74) is 8.89. The van der Waals surface area contributed by atoms with Gasteiger partial charge in [-0.2, -0.15) is 0 Å². The third kappa shape index (κ3) is 2.71. The van der Waals surface area contributed by atoms with E-state index in [1.165, 1.54) is 16.2 Å². The van der Waals surface area contributed by atoms with Gasteiger partial charge in [-0.3, -0.25) is 9.13 Å². The smallest absolute Gasteiger partial charge is 0.159 e. The average Bonchev–Trinajstić information content (AvgIpc) is 3.78. The van der Waals surface area contributed by atoms with Gasteiger partial charge in [0.05, 0.1) is 22.4 Å². The Bertz CT molecular complexity index is 2510. The fourth-order valence-electron chi connectivity index (χ4n) is 7.00. The normalized spacial score (nSPS) is 12.3. The van der Waals surface area contributed by atoms with Crippen LogP contribution < -0.4 is 0 Å². The predicted molar refractivity (Wildman–Crippen MR) is 172 cm³/mol. The summed E-state index contributed by atoms with van der Waals surface area (Å²) in [6, 6.07) is 46.8. The van der Waals surface area contributed by atoms with E-state index in [2.05, 4.69) is 118 Å². The van der Waals surface area contributed by atoms with Crippen molar-refractivity contribution < 1.29 is 8.83 Å². The Morgan fingerprint density at radius 1 is 0.357 bits per heavy atom. The van der Waals surface area contributed by atoms with Crippen molar-refractivity contribution in [3.8, 4) is 11.4 Å². The average molecular weight is 539 g/mol. The molecule has 10 aromatic rings. The van der Waals surface area contributed by atoms with Crippen LogP contribution in [-0.2, 0) is 0 Å². The molecule has 0 aliphatic rings. The molecule has 0 saturated heterocycles. The standard InChI is InChI=1S/C38H22N2O2/c1-5-17-29-27(13-1)35-28-14-2-6-18-30(28)40(32-20-10-16-26-24-12-4-8-22-34(24)42-37(26)32)38(35)39(29)31-19-9-15-25-23-11-3-7-21-33(23)41-36(25)31/h1-22H. The number of furan rings is 2. The molecule has 0 aliphatic carbocycles. The summed E-state index contributed by atoms with van der Waals surface area (Å²) in [5.74, 6) is 0. The molecule has 0 radical (unpaired) electrons. The van der Waals surface area contributed by atoms with Gasteiger partial charge in [0.2, 0.25) is 0 Å². The molecule has 0 bridgehead atoms. The van der Waals surface area contributed by atoms with E-state index in [-0.39, 0.29) is 0 Å². The lowest BCUT2D eigenvalue weighted by Crippen LogP contribution is -2.02. The second kappa shape index (κ2) is 7.93. The molecule has 4 heteroatoms. The molecule has 4 heterocycles. The van der Waals surface area contributed by atoms with E-state index >= 15 is 0 Å². The fourth-order valence-corrected chi connectivity index (χ4v) is 7.00. The molecular weight excluding hydrogens is 516 g/mol. The molecule has 196 valence electrons. The zero-order valence-corrected chi connectivity index (χ0v) is 22.4. The van der Waals surface area contributed by atoms with Crippen LogP contribution in [0.5, 0.6) is 0 Å². The maximum atomic E-state index is 6.59. The number of rotatable bonds is 2. The lowest BCUT2D eigenvalue weighted by Gasteiger charge is -2.13. The summed E-state index contributed by atoms with van der Waals surface area (Å²) in [5, 5.41) is 8.07. The molecule has 0 amide bonds. The van der Waals surface area contributed by atoms with Crippen LogP contribution in [0.15, 0.2) is 142 Å². The Morgan fingerprint density at radius 3 is 1.26 bits per heavy atom. The van der Waals surface area contributed by atoms with Crippen LogP contribution in [0, 0.1) is 0 Å². The molecule has 4 aromatic heterocycles. The van der Waals surface area contributed by atoms with Crippen molar-refractivity contribution in [2.45, 2.75) is 0 Å². The summed E-state index contributed by atoms with van der Waals surface area (Å²) >= 11 is 0. The number of para-hydroxylation sites is 6. The molecule has 4 nitrogen and oxygen atoms in total. The van der Waals surface area contributed by atoms with Crippen molar-refractivity contribution in [2.75, 3.05) is 0 Å². The minimum atomic E-state index is 0.875. The van der Waals surface area contributed by atoms with Crippen molar-refractivity contribution in [3.05, 3.63) is 133 Å². The van der Waals surface area contributed by atoms with Crippen LogP contribution in [-0.4, -0.2) is 9.13 Å². The van der Waals surface area contributed by atoms with Crippen molar-refractivity contribution in [1.82, 2.24) is 9.13 Å². The van der Waals surface area contributed by atoms with Crippen LogP contribution in [0.4, 0.5) is 0 Å². The van der Waals surface area contributed by atoms with E-state index in [9.17, 15) is 0 Å². The van der Waals surface area contributed by atoms with Crippen LogP contribution in [0.1, 0.15) is 0 Å². The first-order valence-corrected chi connectivity index (χ1v) is 14.2. The Balaban J connectivity index is 1.45. The Hall–Kier alpha value is -5.74. The topological polar surface area (TPSA) is 36.1 Å². The number of fused-ring (bicyclic) bond motifs is 11. The maximum Gasteiger partial charge on any atom is 0.159 e. The van der Waals surface area contributed by atoms with Gasteiger partial charge in [0.1, 0.15) is 16.8 Å². The van der Waals surface area contributed by atoms with Crippen LogP contribution in [0.2, 0.25) is 0 Å². The van der Waals surface area contributed by atoms with Gasteiger partial charge in [0.15, 0.2) is 11.2 Å². The molecular formula is C38H22N2O2. The van der Waals surface area contributed by atoms with Gasteiger partial charge in [-0.05, 0) is 36.4 Å². The first kappa shape index (κ1) is 22.0. The molecule has 0 N–H and O–H groups in total.